The second-order valence-corrected chi connectivity index (χ2v) is 8.78. The van der Waals surface area contributed by atoms with Gasteiger partial charge in [0.2, 0.25) is 0 Å². The molecule has 1 N–H and O–H groups in total. The van der Waals surface area contributed by atoms with Crippen LogP contribution in [0.1, 0.15) is 42.1 Å². The Labute approximate surface area is 209 Å². The molecule has 1 fully saturated rings. The van der Waals surface area contributed by atoms with Gasteiger partial charge in [-0.25, -0.2) is 8.78 Å². The minimum atomic E-state index is -0.869. The maximum Gasteiger partial charge on any atom is 0.295 e. The van der Waals surface area contributed by atoms with Crippen LogP contribution >= 0.6 is 0 Å². The molecule has 0 aromatic heterocycles. The highest BCUT2D eigenvalue weighted by atomic mass is 19.1. The number of ketones is 1. The summed E-state index contributed by atoms with van der Waals surface area (Å²) in [5.41, 5.74) is 2.77. The molecular formula is C29H28F2N2O3. The number of aliphatic hydroxyl groups excluding tert-OH is 1. The molecule has 1 heterocycles. The highest BCUT2D eigenvalue weighted by molar-refractivity contribution is 6.46. The molecule has 0 radical (unpaired) electrons. The van der Waals surface area contributed by atoms with Gasteiger partial charge in [0.25, 0.3) is 11.7 Å². The van der Waals surface area contributed by atoms with E-state index in [2.05, 4.69) is 18.7 Å². The molecule has 0 bridgehead atoms. The lowest BCUT2D eigenvalue weighted by Gasteiger charge is -2.27. The molecule has 186 valence electrons. The molecule has 1 aliphatic heterocycles. The maximum absolute atomic E-state index is 13.9. The summed E-state index contributed by atoms with van der Waals surface area (Å²) in [6.45, 7) is 7.36. The molecular weight excluding hydrogens is 462 g/mol. The smallest absolute Gasteiger partial charge is 0.295 e. The van der Waals surface area contributed by atoms with Gasteiger partial charge in [0.15, 0.2) is 0 Å². The van der Waals surface area contributed by atoms with Gasteiger partial charge in [-0.3, -0.25) is 9.59 Å². The van der Waals surface area contributed by atoms with E-state index in [1.54, 1.807) is 19.1 Å². The van der Waals surface area contributed by atoms with Gasteiger partial charge >= 0.3 is 0 Å². The summed E-state index contributed by atoms with van der Waals surface area (Å²) in [4.78, 5) is 30.0. The first kappa shape index (κ1) is 25.1. The first-order valence-corrected chi connectivity index (χ1v) is 11.9. The summed E-state index contributed by atoms with van der Waals surface area (Å²) in [6.07, 6.45) is 0. The van der Waals surface area contributed by atoms with E-state index in [0.29, 0.717) is 16.7 Å². The number of anilines is 1. The lowest BCUT2D eigenvalue weighted by atomic mass is 9.94. The molecule has 1 unspecified atom stereocenters. The maximum atomic E-state index is 13.9. The summed E-state index contributed by atoms with van der Waals surface area (Å²) < 4.78 is 27.3. The number of Topliss-reactive ketones (excluding diaryl/α,β-unsaturated/α-hetero) is 1. The van der Waals surface area contributed by atoms with E-state index in [1.807, 2.05) is 24.3 Å². The highest BCUT2D eigenvalue weighted by Gasteiger charge is 2.46. The average Bonchev–Trinajstić information content (AvgIpc) is 3.12. The van der Waals surface area contributed by atoms with E-state index in [1.165, 1.54) is 35.2 Å². The first-order chi connectivity index (χ1) is 17.2. The first-order valence-electron chi connectivity index (χ1n) is 11.9. The summed E-state index contributed by atoms with van der Waals surface area (Å²) in [5.74, 6) is -2.80. The molecule has 1 aliphatic rings. The van der Waals surface area contributed by atoms with Crippen molar-refractivity contribution < 1.29 is 23.5 Å². The molecule has 1 saturated heterocycles. The van der Waals surface area contributed by atoms with Crippen molar-refractivity contribution in [3.63, 3.8) is 0 Å². The van der Waals surface area contributed by atoms with Gasteiger partial charge < -0.3 is 14.9 Å². The minimum Gasteiger partial charge on any atom is -0.507 e. The third-order valence-electron chi connectivity index (χ3n) is 6.57. The number of aryl methyl sites for hydroxylation is 1. The zero-order chi connectivity index (χ0) is 26.0. The number of rotatable bonds is 7. The highest BCUT2D eigenvalue weighted by Crippen LogP contribution is 2.41. The Hall–Kier alpha value is -4.00. The van der Waals surface area contributed by atoms with Crippen LogP contribution in [0.25, 0.3) is 5.76 Å². The van der Waals surface area contributed by atoms with Crippen LogP contribution in [0.4, 0.5) is 14.5 Å². The zero-order valence-corrected chi connectivity index (χ0v) is 20.5. The fourth-order valence-electron chi connectivity index (χ4n) is 4.58. The van der Waals surface area contributed by atoms with Crippen LogP contribution in [0.3, 0.4) is 0 Å². The van der Waals surface area contributed by atoms with Gasteiger partial charge in [-0.2, -0.15) is 0 Å². The van der Waals surface area contributed by atoms with Crippen molar-refractivity contribution >= 4 is 23.1 Å². The fourth-order valence-corrected chi connectivity index (χ4v) is 4.58. The number of hydrogen-bond acceptors (Lipinski definition) is 4. The van der Waals surface area contributed by atoms with Crippen molar-refractivity contribution in [1.29, 1.82) is 0 Å². The van der Waals surface area contributed by atoms with E-state index in [4.69, 9.17) is 0 Å². The lowest BCUT2D eigenvalue weighted by Crippen LogP contribution is -2.29. The number of nitrogens with zero attached hydrogens (tertiary/aromatic N) is 2. The van der Waals surface area contributed by atoms with Crippen LogP contribution in [0.2, 0.25) is 0 Å². The Morgan fingerprint density at radius 1 is 0.944 bits per heavy atom. The predicted molar refractivity (Wildman–Crippen MR) is 135 cm³/mol. The Balaban J connectivity index is 1.84. The molecule has 1 atom stereocenters. The number of likely N-dealkylation sites (tertiary alicyclic amines) is 1. The summed E-state index contributed by atoms with van der Waals surface area (Å²) in [7, 11) is 0. The normalized spacial score (nSPS) is 17.0. The van der Waals surface area contributed by atoms with Crippen molar-refractivity contribution in [2.75, 3.05) is 18.0 Å². The molecule has 0 aliphatic carbocycles. The van der Waals surface area contributed by atoms with Gasteiger partial charge in [0.1, 0.15) is 17.4 Å². The Kier molecular flexibility index (Phi) is 7.20. The summed E-state index contributed by atoms with van der Waals surface area (Å²) in [5, 5.41) is 11.2. The lowest BCUT2D eigenvalue weighted by molar-refractivity contribution is -0.140. The van der Waals surface area contributed by atoms with Crippen LogP contribution < -0.4 is 4.90 Å². The number of amides is 1. The molecule has 0 saturated carbocycles. The number of carbonyl (C=O) groups is 2. The van der Waals surface area contributed by atoms with Crippen molar-refractivity contribution in [1.82, 2.24) is 4.90 Å². The number of benzene rings is 3. The molecule has 7 heteroatoms. The van der Waals surface area contributed by atoms with E-state index in [-0.39, 0.29) is 23.4 Å². The second kappa shape index (κ2) is 10.3. The quantitative estimate of drug-likeness (QED) is 0.261. The Bertz CT molecular complexity index is 1310. The molecule has 4 rings (SSSR count). The summed E-state index contributed by atoms with van der Waals surface area (Å²) in [6, 6.07) is 16.4. The SMILES string of the molecule is CCN(CC)c1ccc(C2/C(=C(/O)c3ccc(F)c(C)c3)C(=O)C(=O)N2Cc2ccc(F)cc2)cc1. The van der Waals surface area contributed by atoms with Crippen LogP contribution in [-0.4, -0.2) is 34.8 Å². The van der Waals surface area contributed by atoms with E-state index in [9.17, 15) is 23.5 Å². The van der Waals surface area contributed by atoms with E-state index >= 15 is 0 Å². The molecule has 3 aromatic carbocycles. The predicted octanol–water partition coefficient (Wildman–Crippen LogP) is 5.74. The van der Waals surface area contributed by atoms with Crippen LogP contribution in [0, 0.1) is 18.6 Å². The summed E-state index contributed by atoms with van der Waals surface area (Å²) >= 11 is 0. The number of halogens is 2. The van der Waals surface area contributed by atoms with Crippen molar-refractivity contribution in [2.45, 2.75) is 33.4 Å². The molecule has 0 spiro atoms. The van der Waals surface area contributed by atoms with Crippen molar-refractivity contribution in [3.05, 3.63) is 106 Å². The van der Waals surface area contributed by atoms with Gasteiger partial charge in [-0.05, 0) is 79.9 Å². The van der Waals surface area contributed by atoms with Gasteiger partial charge in [-0.15, -0.1) is 0 Å². The standard InChI is InChI=1S/C29H28F2N2O3/c1-4-32(5-2)23-13-8-20(9-14-23)26-25(27(34)21-10-15-24(31)18(3)16-21)28(35)29(36)33(26)17-19-6-11-22(30)12-7-19/h6-16,26,34H,4-5,17H2,1-3H3/b27-25-. The number of aliphatic hydroxyl groups is 1. The van der Waals surface area contributed by atoms with Gasteiger partial charge in [0.05, 0.1) is 11.6 Å². The van der Waals surface area contributed by atoms with Crippen molar-refractivity contribution in [2.24, 2.45) is 0 Å². The molecule has 1 amide bonds. The largest absolute Gasteiger partial charge is 0.507 e. The number of carbonyl (C=O) groups excluding carboxylic acids is 2. The van der Waals surface area contributed by atoms with Crippen LogP contribution in [-0.2, 0) is 16.1 Å². The topological polar surface area (TPSA) is 60.9 Å². The van der Waals surface area contributed by atoms with Gasteiger partial charge in [-0.1, -0.05) is 24.3 Å². The number of hydrogen-bond donors (Lipinski definition) is 1. The van der Waals surface area contributed by atoms with Gasteiger partial charge in [0, 0.05) is 30.9 Å². The molecule has 3 aromatic rings. The second-order valence-electron chi connectivity index (χ2n) is 8.78. The van der Waals surface area contributed by atoms with Crippen LogP contribution in [0.5, 0.6) is 0 Å². The molecule has 36 heavy (non-hydrogen) atoms. The monoisotopic (exact) mass is 490 g/mol. The van der Waals surface area contributed by atoms with E-state index in [0.717, 1.165) is 18.8 Å². The Morgan fingerprint density at radius 3 is 2.17 bits per heavy atom. The third-order valence-corrected chi connectivity index (χ3v) is 6.57. The van der Waals surface area contributed by atoms with Crippen molar-refractivity contribution in [3.8, 4) is 0 Å². The van der Waals surface area contributed by atoms with Crippen LogP contribution in [0.15, 0.2) is 72.3 Å². The molecule has 5 nitrogen and oxygen atoms in total. The zero-order valence-electron chi connectivity index (χ0n) is 20.5. The fraction of sp³-hybridized carbons (Fsp3) is 0.241. The van der Waals surface area contributed by atoms with E-state index < -0.39 is 29.4 Å². The Morgan fingerprint density at radius 2 is 1.58 bits per heavy atom. The third kappa shape index (κ3) is 4.73. The minimum absolute atomic E-state index is 0.0482. The average molecular weight is 491 g/mol.